The SMILES string of the molecule is CC(C)=CC(=O)OC(C)C(=O)Nc1ccc(C(N)=O)cc1. The van der Waals surface area contributed by atoms with Crippen LogP contribution >= 0.6 is 0 Å². The van der Waals surface area contributed by atoms with Crippen LogP contribution in [0.1, 0.15) is 31.1 Å². The standard InChI is InChI=1S/C15H18N2O4/c1-9(2)8-13(18)21-10(3)15(20)17-12-6-4-11(5-7-12)14(16)19/h4-8,10H,1-3H3,(H2,16,19)(H,17,20). The van der Waals surface area contributed by atoms with E-state index < -0.39 is 23.9 Å². The highest BCUT2D eigenvalue weighted by Gasteiger charge is 2.16. The van der Waals surface area contributed by atoms with Crippen LogP contribution in [0.15, 0.2) is 35.9 Å². The molecule has 6 nitrogen and oxygen atoms in total. The monoisotopic (exact) mass is 290 g/mol. The minimum absolute atomic E-state index is 0.344. The first-order valence-electron chi connectivity index (χ1n) is 6.36. The number of hydrogen-bond acceptors (Lipinski definition) is 4. The summed E-state index contributed by atoms with van der Waals surface area (Å²) in [5, 5.41) is 2.58. The molecule has 2 amide bonds. The van der Waals surface area contributed by atoms with Crippen molar-refractivity contribution in [3.8, 4) is 0 Å². The fourth-order valence-electron chi connectivity index (χ4n) is 1.46. The largest absolute Gasteiger partial charge is 0.449 e. The number of rotatable bonds is 5. The van der Waals surface area contributed by atoms with Crippen molar-refractivity contribution in [1.29, 1.82) is 0 Å². The Balaban J connectivity index is 2.61. The molecule has 0 saturated carbocycles. The van der Waals surface area contributed by atoms with E-state index in [-0.39, 0.29) is 0 Å². The molecule has 0 bridgehead atoms. The van der Waals surface area contributed by atoms with Crippen LogP contribution in [-0.2, 0) is 14.3 Å². The van der Waals surface area contributed by atoms with E-state index in [0.717, 1.165) is 5.57 Å². The van der Waals surface area contributed by atoms with Gasteiger partial charge in [-0.25, -0.2) is 4.79 Å². The topological polar surface area (TPSA) is 98.5 Å². The van der Waals surface area contributed by atoms with Crippen LogP contribution in [0.2, 0.25) is 0 Å². The third kappa shape index (κ3) is 5.48. The molecule has 0 aliphatic rings. The second-order valence-electron chi connectivity index (χ2n) is 4.73. The fraction of sp³-hybridized carbons (Fsp3) is 0.267. The van der Waals surface area contributed by atoms with E-state index in [0.29, 0.717) is 11.3 Å². The molecule has 1 unspecified atom stereocenters. The molecule has 0 spiro atoms. The Morgan fingerprint density at radius 1 is 1.19 bits per heavy atom. The summed E-state index contributed by atoms with van der Waals surface area (Å²) in [7, 11) is 0. The van der Waals surface area contributed by atoms with Crippen molar-refractivity contribution < 1.29 is 19.1 Å². The average molecular weight is 290 g/mol. The predicted molar refractivity (Wildman–Crippen MR) is 78.6 cm³/mol. The van der Waals surface area contributed by atoms with Crippen LogP contribution in [-0.4, -0.2) is 23.9 Å². The number of esters is 1. The van der Waals surface area contributed by atoms with E-state index in [4.69, 9.17) is 10.5 Å². The minimum atomic E-state index is -0.927. The number of hydrogen-bond donors (Lipinski definition) is 2. The summed E-state index contributed by atoms with van der Waals surface area (Å²) in [4.78, 5) is 34.2. The molecule has 1 aromatic rings. The molecule has 112 valence electrons. The Morgan fingerprint density at radius 3 is 2.24 bits per heavy atom. The molecule has 1 atom stereocenters. The molecule has 0 fully saturated rings. The molecule has 6 heteroatoms. The number of benzene rings is 1. The van der Waals surface area contributed by atoms with Gasteiger partial charge in [-0.15, -0.1) is 0 Å². The first-order chi connectivity index (χ1) is 9.79. The van der Waals surface area contributed by atoms with E-state index in [2.05, 4.69) is 5.32 Å². The first-order valence-corrected chi connectivity index (χ1v) is 6.36. The second kappa shape index (κ2) is 7.23. The van der Waals surface area contributed by atoms with E-state index in [9.17, 15) is 14.4 Å². The zero-order valence-corrected chi connectivity index (χ0v) is 12.2. The van der Waals surface area contributed by atoms with Crippen molar-refractivity contribution in [3.63, 3.8) is 0 Å². The molecule has 0 aliphatic heterocycles. The zero-order chi connectivity index (χ0) is 16.0. The molecule has 0 aromatic heterocycles. The van der Waals surface area contributed by atoms with Gasteiger partial charge in [-0.1, -0.05) is 5.57 Å². The second-order valence-corrected chi connectivity index (χ2v) is 4.73. The van der Waals surface area contributed by atoms with Crippen LogP contribution < -0.4 is 11.1 Å². The highest BCUT2D eigenvalue weighted by Crippen LogP contribution is 2.10. The van der Waals surface area contributed by atoms with Crippen molar-refractivity contribution in [2.45, 2.75) is 26.9 Å². The molecule has 3 N–H and O–H groups in total. The number of allylic oxidation sites excluding steroid dienone is 1. The summed E-state index contributed by atoms with van der Waals surface area (Å²) in [6.07, 6.45) is 0.384. The smallest absolute Gasteiger partial charge is 0.331 e. The summed E-state index contributed by atoms with van der Waals surface area (Å²) in [5.74, 6) is -1.57. The Morgan fingerprint density at radius 2 is 1.76 bits per heavy atom. The van der Waals surface area contributed by atoms with Crippen molar-refractivity contribution in [1.82, 2.24) is 0 Å². The highest BCUT2D eigenvalue weighted by atomic mass is 16.5. The lowest BCUT2D eigenvalue weighted by atomic mass is 10.2. The summed E-state index contributed by atoms with van der Waals surface area (Å²) >= 11 is 0. The van der Waals surface area contributed by atoms with Crippen LogP contribution in [0.25, 0.3) is 0 Å². The number of nitrogens with two attached hydrogens (primary N) is 1. The van der Waals surface area contributed by atoms with E-state index >= 15 is 0 Å². The number of carbonyl (C=O) groups excluding carboxylic acids is 3. The van der Waals surface area contributed by atoms with Gasteiger partial charge in [0.25, 0.3) is 5.91 Å². The third-order valence-corrected chi connectivity index (χ3v) is 2.51. The maximum absolute atomic E-state index is 11.9. The van der Waals surface area contributed by atoms with Crippen LogP contribution in [0.3, 0.4) is 0 Å². The number of carbonyl (C=O) groups is 3. The maximum atomic E-state index is 11.9. The van der Waals surface area contributed by atoms with Crippen molar-refractivity contribution in [3.05, 3.63) is 41.5 Å². The van der Waals surface area contributed by atoms with Gasteiger partial charge in [0.15, 0.2) is 6.10 Å². The lowest BCUT2D eigenvalue weighted by Gasteiger charge is -2.12. The van der Waals surface area contributed by atoms with Crippen molar-refractivity contribution in [2.24, 2.45) is 5.73 Å². The van der Waals surface area contributed by atoms with Gasteiger partial charge in [0.05, 0.1) is 0 Å². The quantitative estimate of drug-likeness (QED) is 0.636. The van der Waals surface area contributed by atoms with Gasteiger partial charge >= 0.3 is 5.97 Å². The van der Waals surface area contributed by atoms with E-state index in [1.165, 1.54) is 25.1 Å². The predicted octanol–water partition coefficient (Wildman–Crippen LogP) is 1.62. The lowest BCUT2D eigenvalue weighted by Crippen LogP contribution is -2.29. The van der Waals surface area contributed by atoms with Crippen LogP contribution in [0, 0.1) is 0 Å². The maximum Gasteiger partial charge on any atom is 0.331 e. The Kier molecular flexibility index (Phi) is 5.66. The number of nitrogens with one attached hydrogen (secondary N) is 1. The number of primary amides is 1. The Hall–Kier alpha value is -2.63. The van der Waals surface area contributed by atoms with Crippen molar-refractivity contribution in [2.75, 3.05) is 5.32 Å². The highest BCUT2D eigenvalue weighted by molar-refractivity contribution is 5.97. The average Bonchev–Trinajstić information content (AvgIpc) is 2.38. The van der Waals surface area contributed by atoms with Crippen LogP contribution in [0.4, 0.5) is 5.69 Å². The normalized spacial score (nSPS) is 11.2. The van der Waals surface area contributed by atoms with E-state index in [1.54, 1.807) is 26.0 Å². The molecule has 1 rings (SSSR count). The van der Waals surface area contributed by atoms with Gasteiger partial charge in [-0.05, 0) is 45.0 Å². The lowest BCUT2D eigenvalue weighted by molar-refractivity contribution is -0.148. The molecule has 0 heterocycles. The van der Waals surface area contributed by atoms with Crippen LogP contribution in [0.5, 0.6) is 0 Å². The van der Waals surface area contributed by atoms with Gasteiger partial charge in [0.2, 0.25) is 5.91 Å². The van der Waals surface area contributed by atoms with Gasteiger partial charge in [0.1, 0.15) is 0 Å². The number of anilines is 1. The first kappa shape index (κ1) is 16.4. The molecule has 0 radical (unpaired) electrons. The number of ether oxygens (including phenoxy) is 1. The summed E-state index contributed by atoms with van der Waals surface area (Å²) in [6.45, 7) is 4.99. The third-order valence-electron chi connectivity index (χ3n) is 2.51. The molecular formula is C15H18N2O4. The molecule has 21 heavy (non-hydrogen) atoms. The Labute approximate surface area is 123 Å². The molecule has 1 aromatic carbocycles. The van der Waals surface area contributed by atoms with E-state index in [1.807, 2.05) is 0 Å². The Bertz CT molecular complexity index is 572. The molecular weight excluding hydrogens is 272 g/mol. The van der Waals surface area contributed by atoms with Gasteiger partial charge in [0, 0.05) is 17.3 Å². The zero-order valence-electron chi connectivity index (χ0n) is 12.2. The van der Waals surface area contributed by atoms with Crippen molar-refractivity contribution >= 4 is 23.5 Å². The van der Waals surface area contributed by atoms with Gasteiger partial charge in [-0.3, -0.25) is 9.59 Å². The molecule has 0 aliphatic carbocycles. The van der Waals surface area contributed by atoms with Gasteiger partial charge in [-0.2, -0.15) is 0 Å². The molecule has 0 saturated heterocycles. The number of amides is 2. The van der Waals surface area contributed by atoms with Gasteiger partial charge < -0.3 is 15.8 Å². The summed E-state index contributed by atoms with van der Waals surface area (Å²) in [6, 6.07) is 6.08. The summed E-state index contributed by atoms with van der Waals surface area (Å²) < 4.78 is 4.96. The minimum Gasteiger partial charge on any atom is -0.449 e. The fourth-order valence-corrected chi connectivity index (χ4v) is 1.46. The summed E-state index contributed by atoms with van der Waals surface area (Å²) in [5.41, 5.74) is 6.73.